The molecule has 0 radical (unpaired) electrons. The molecule has 0 saturated carbocycles. The van der Waals surface area contributed by atoms with Crippen LogP contribution in [0.4, 0.5) is 11.5 Å². The third-order valence-electron chi connectivity index (χ3n) is 5.03. The number of rotatable bonds is 4. The van der Waals surface area contributed by atoms with Crippen molar-refractivity contribution in [3.8, 4) is 0 Å². The maximum Gasteiger partial charge on any atom is 0.290 e. The molecular formula is C18H23N5O2. The lowest BCUT2D eigenvalue weighted by atomic mass is 9.75. The van der Waals surface area contributed by atoms with E-state index in [4.69, 9.17) is 0 Å². The molecule has 0 spiro atoms. The lowest BCUT2D eigenvalue weighted by Crippen LogP contribution is -2.44. The molecule has 0 N–H and O–H groups in total. The molecule has 0 amide bonds. The maximum absolute atomic E-state index is 11.0. The summed E-state index contributed by atoms with van der Waals surface area (Å²) >= 11 is 0. The molecular weight excluding hydrogens is 318 g/mol. The largest absolute Gasteiger partial charge is 0.353 e. The quantitative estimate of drug-likeness (QED) is 0.626. The van der Waals surface area contributed by atoms with Gasteiger partial charge in [-0.05, 0) is 37.3 Å². The van der Waals surface area contributed by atoms with Crippen LogP contribution in [0.5, 0.6) is 0 Å². The summed E-state index contributed by atoms with van der Waals surface area (Å²) in [5, 5.41) is 11.0. The number of hydrogen-bond acceptors (Lipinski definition) is 5. The van der Waals surface area contributed by atoms with E-state index in [2.05, 4.69) is 34.8 Å². The highest BCUT2D eigenvalue weighted by Crippen LogP contribution is 2.40. The van der Waals surface area contributed by atoms with Crippen molar-refractivity contribution in [2.75, 3.05) is 11.9 Å². The summed E-state index contributed by atoms with van der Waals surface area (Å²) in [6.07, 6.45) is 9.83. The fourth-order valence-corrected chi connectivity index (χ4v) is 3.44. The number of aryl methyl sites for hydroxylation is 1. The first-order valence-electron chi connectivity index (χ1n) is 8.33. The molecule has 1 aliphatic rings. The number of aromatic nitrogens is 3. The van der Waals surface area contributed by atoms with Crippen molar-refractivity contribution in [1.82, 2.24) is 14.5 Å². The van der Waals surface area contributed by atoms with E-state index >= 15 is 0 Å². The van der Waals surface area contributed by atoms with Crippen molar-refractivity contribution in [3.05, 3.63) is 52.7 Å². The molecule has 2 heterocycles. The molecule has 7 heteroatoms. The Labute approximate surface area is 147 Å². The van der Waals surface area contributed by atoms with Gasteiger partial charge in [0.25, 0.3) is 5.69 Å². The highest BCUT2D eigenvalue weighted by Gasteiger charge is 2.35. The SMILES string of the molecule is Cc1nc(N(C)C2C=C(n3ccnc3)CCC2(C)C)ccc1[N+](=O)[O-]. The van der Waals surface area contributed by atoms with Crippen molar-refractivity contribution in [3.63, 3.8) is 0 Å². The van der Waals surface area contributed by atoms with Crippen LogP contribution in [-0.4, -0.2) is 32.5 Å². The number of hydrogen-bond donors (Lipinski definition) is 0. The van der Waals surface area contributed by atoms with Crippen molar-refractivity contribution in [2.45, 2.75) is 39.7 Å². The van der Waals surface area contributed by atoms with Gasteiger partial charge < -0.3 is 9.47 Å². The Morgan fingerprint density at radius 2 is 2.16 bits per heavy atom. The normalized spacial score (nSPS) is 19.4. The zero-order valence-electron chi connectivity index (χ0n) is 15.0. The van der Waals surface area contributed by atoms with Crippen LogP contribution < -0.4 is 4.90 Å². The molecule has 0 bridgehead atoms. The second-order valence-corrected chi connectivity index (χ2v) is 7.20. The lowest BCUT2D eigenvalue weighted by Gasteiger charge is -2.43. The van der Waals surface area contributed by atoms with Crippen LogP contribution in [0.15, 0.2) is 36.9 Å². The smallest absolute Gasteiger partial charge is 0.290 e. The molecule has 2 aromatic heterocycles. The predicted octanol–water partition coefficient (Wildman–Crippen LogP) is 3.66. The summed E-state index contributed by atoms with van der Waals surface area (Å²) in [6.45, 7) is 6.16. The summed E-state index contributed by atoms with van der Waals surface area (Å²) in [6, 6.07) is 3.39. The molecule has 3 rings (SSSR count). The Kier molecular flexibility index (Phi) is 4.32. The van der Waals surface area contributed by atoms with E-state index in [9.17, 15) is 10.1 Å². The number of imidazole rings is 1. The van der Waals surface area contributed by atoms with Gasteiger partial charge in [0.1, 0.15) is 11.5 Å². The molecule has 25 heavy (non-hydrogen) atoms. The Morgan fingerprint density at radius 3 is 2.76 bits per heavy atom. The van der Waals surface area contributed by atoms with Crippen LogP contribution in [-0.2, 0) is 0 Å². The average Bonchev–Trinajstić information content (AvgIpc) is 3.08. The Bertz CT molecular complexity index is 811. The molecule has 2 aromatic rings. The van der Waals surface area contributed by atoms with Gasteiger partial charge in [0.05, 0.1) is 17.3 Å². The summed E-state index contributed by atoms with van der Waals surface area (Å²) in [7, 11) is 1.99. The highest BCUT2D eigenvalue weighted by atomic mass is 16.6. The second-order valence-electron chi connectivity index (χ2n) is 7.20. The van der Waals surface area contributed by atoms with E-state index in [0.29, 0.717) is 5.69 Å². The van der Waals surface area contributed by atoms with E-state index in [-0.39, 0.29) is 17.1 Å². The molecule has 0 fully saturated rings. The Hall–Kier alpha value is -2.70. The van der Waals surface area contributed by atoms with Gasteiger partial charge in [0, 0.05) is 31.2 Å². The van der Waals surface area contributed by atoms with Crippen molar-refractivity contribution < 1.29 is 4.92 Å². The maximum atomic E-state index is 11.0. The number of nitro groups is 1. The molecule has 0 aliphatic heterocycles. The lowest BCUT2D eigenvalue weighted by molar-refractivity contribution is -0.385. The fraction of sp³-hybridized carbons (Fsp3) is 0.444. The minimum Gasteiger partial charge on any atom is -0.353 e. The zero-order valence-corrected chi connectivity index (χ0v) is 15.0. The average molecular weight is 341 g/mol. The minimum absolute atomic E-state index is 0.0506. The summed E-state index contributed by atoms with van der Waals surface area (Å²) in [5.74, 6) is 0.740. The van der Waals surface area contributed by atoms with Gasteiger partial charge >= 0.3 is 0 Å². The topological polar surface area (TPSA) is 77.1 Å². The van der Waals surface area contributed by atoms with Crippen LogP contribution in [0.1, 0.15) is 32.4 Å². The molecule has 1 aliphatic carbocycles. The summed E-state index contributed by atoms with van der Waals surface area (Å²) in [4.78, 5) is 21.3. The molecule has 132 valence electrons. The van der Waals surface area contributed by atoms with E-state index in [1.54, 1.807) is 19.2 Å². The Balaban J connectivity index is 1.96. The molecule has 1 unspecified atom stereocenters. The van der Waals surface area contributed by atoms with Gasteiger partial charge in [-0.3, -0.25) is 10.1 Å². The number of allylic oxidation sites excluding steroid dienone is 1. The van der Waals surface area contributed by atoms with Crippen molar-refractivity contribution in [2.24, 2.45) is 5.41 Å². The monoisotopic (exact) mass is 341 g/mol. The van der Waals surface area contributed by atoms with E-state index < -0.39 is 4.92 Å². The van der Waals surface area contributed by atoms with Crippen molar-refractivity contribution in [1.29, 1.82) is 0 Å². The number of anilines is 1. The second kappa shape index (κ2) is 6.31. The highest BCUT2D eigenvalue weighted by molar-refractivity contribution is 5.54. The molecule has 7 nitrogen and oxygen atoms in total. The van der Waals surface area contributed by atoms with Crippen LogP contribution in [0, 0.1) is 22.5 Å². The van der Waals surface area contributed by atoms with Crippen LogP contribution in [0.25, 0.3) is 5.70 Å². The first-order chi connectivity index (χ1) is 11.8. The number of nitrogens with zero attached hydrogens (tertiary/aromatic N) is 5. The van der Waals surface area contributed by atoms with Gasteiger partial charge in [-0.15, -0.1) is 0 Å². The zero-order chi connectivity index (χ0) is 18.2. The first-order valence-corrected chi connectivity index (χ1v) is 8.33. The first kappa shape index (κ1) is 17.1. The molecule has 0 aromatic carbocycles. The van der Waals surface area contributed by atoms with Gasteiger partial charge in [0.2, 0.25) is 0 Å². The number of pyridine rings is 1. The van der Waals surface area contributed by atoms with E-state index in [1.165, 1.54) is 11.8 Å². The Morgan fingerprint density at radius 1 is 1.40 bits per heavy atom. The van der Waals surface area contributed by atoms with Gasteiger partial charge in [0.15, 0.2) is 0 Å². The minimum atomic E-state index is -0.395. The molecule has 0 saturated heterocycles. The van der Waals surface area contributed by atoms with Crippen molar-refractivity contribution >= 4 is 17.2 Å². The summed E-state index contributed by atoms with van der Waals surface area (Å²) in [5.41, 5.74) is 1.76. The van der Waals surface area contributed by atoms with E-state index in [1.807, 2.05) is 24.1 Å². The summed E-state index contributed by atoms with van der Waals surface area (Å²) < 4.78 is 2.05. The standard InChI is InChI=1S/C18H23N5O2/c1-13-15(23(24)25)5-6-17(20-13)21(4)16-11-14(7-8-18(16,2)3)22-10-9-19-12-22/h5-6,9-12,16H,7-8H2,1-4H3. The van der Waals surface area contributed by atoms with Gasteiger partial charge in [-0.2, -0.15) is 0 Å². The van der Waals surface area contributed by atoms with Gasteiger partial charge in [-0.25, -0.2) is 9.97 Å². The van der Waals surface area contributed by atoms with E-state index in [0.717, 1.165) is 18.7 Å². The van der Waals surface area contributed by atoms with Crippen LogP contribution in [0.3, 0.4) is 0 Å². The third-order valence-corrected chi connectivity index (χ3v) is 5.03. The molecule has 1 atom stereocenters. The predicted molar refractivity (Wildman–Crippen MR) is 97.3 cm³/mol. The number of likely N-dealkylation sites (N-methyl/N-ethyl adjacent to an activating group) is 1. The van der Waals surface area contributed by atoms with Crippen LogP contribution >= 0.6 is 0 Å². The van der Waals surface area contributed by atoms with Crippen LogP contribution in [0.2, 0.25) is 0 Å². The van der Waals surface area contributed by atoms with Gasteiger partial charge in [-0.1, -0.05) is 13.8 Å². The third kappa shape index (κ3) is 3.26. The fourth-order valence-electron chi connectivity index (χ4n) is 3.44.